The minimum atomic E-state index is -0.609. The lowest BCUT2D eigenvalue weighted by Crippen LogP contribution is -2.44. The SMILES string of the molecule is CCN(CC)Cc1cccc(CNC(=O)C(C)NC(=O)/C=C/c2ccccc2)c1. The second-order valence-electron chi connectivity index (χ2n) is 6.97. The number of hydrogen-bond acceptors (Lipinski definition) is 3. The average molecular weight is 394 g/mol. The Morgan fingerprint density at radius 2 is 1.69 bits per heavy atom. The van der Waals surface area contributed by atoms with Crippen LogP contribution in [0.5, 0.6) is 0 Å². The van der Waals surface area contributed by atoms with Gasteiger partial charge in [0.25, 0.3) is 0 Å². The Kier molecular flexibility index (Phi) is 9.12. The van der Waals surface area contributed by atoms with Crippen LogP contribution in [0, 0.1) is 0 Å². The van der Waals surface area contributed by atoms with E-state index in [-0.39, 0.29) is 11.8 Å². The average Bonchev–Trinajstić information content (AvgIpc) is 2.75. The number of carbonyl (C=O) groups excluding carboxylic acids is 2. The molecule has 0 saturated carbocycles. The summed E-state index contributed by atoms with van der Waals surface area (Å²) in [6.45, 7) is 9.33. The van der Waals surface area contributed by atoms with E-state index in [0.29, 0.717) is 6.54 Å². The van der Waals surface area contributed by atoms with Gasteiger partial charge in [0, 0.05) is 19.2 Å². The number of nitrogens with one attached hydrogen (secondary N) is 2. The molecule has 2 N–H and O–H groups in total. The van der Waals surface area contributed by atoms with Gasteiger partial charge in [0.15, 0.2) is 0 Å². The van der Waals surface area contributed by atoms with Gasteiger partial charge in [-0.25, -0.2) is 0 Å². The lowest BCUT2D eigenvalue weighted by atomic mass is 10.1. The van der Waals surface area contributed by atoms with Gasteiger partial charge in [0.05, 0.1) is 0 Å². The van der Waals surface area contributed by atoms with Gasteiger partial charge in [0.2, 0.25) is 11.8 Å². The lowest BCUT2D eigenvalue weighted by molar-refractivity contribution is -0.126. The monoisotopic (exact) mass is 393 g/mol. The van der Waals surface area contributed by atoms with E-state index in [1.54, 1.807) is 13.0 Å². The molecule has 0 bridgehead atoms. The van der Waals surface area contributed by atoms with E-state index in [4.69, 9.17) is 0 Å². The first-order chi connectivity index (χ1) is 14.0. The van der Waals surface area contributed by atoms with Crippen molar-refractivity contribution in [3.05, 3.63) is 77.4 Å². The van der Waals surface area contributed by atoms with E-state index < -0.39 is 6.04 Å². The molecule has 0 fully saturated rings. The maximum absolute atomic E-state index is 12.3. The first kappa shape index (κ1) is 22.4. The van der Waals surface area contributed by atoms with E-state index >= 15 is 0 Å². The molecule has 0 radical (unpaired) electrons. The fourth-order valence-corrected chi connectivity index (χ4v) is 2.95. The molecule has 0 aliphatic heterocycles. The third kappa shape index (κ3) is 7.92. The van der Waals surface area contributed by atoms with Gasteiger partial charge in [-0.2, -0.15) is 0 Å². The number of hydrogen-bond donors (Lipinski definition) is 2. The molecule has 0 heterocycles. The fourth-order valence-electron chi connectivity index (χ4n) is 2.95. The molecule has 2 amide bonds. The molecular formula is C24H31N3O2. The number of amides is 2. The Morgan fingerprint density at radius 3 is 2.38 bits per heavy atom. The summed E-state index contributed by atoms with van der Waals surface area (Å²) in [4.78, 5) is 26.7. The van der Waals surface area contributed by atoms with Crippen molar-refractivity contribution in [1.29, 1.82) is 0 Å². The van der Waals surface area contributed by atoms with Gasteiger partial charge in [-0.3, -0.25) is 14.5 Å². The summed E-state index contributed by atoms with van der Waals surface area (Å²) >= 11 is 0. The molecule has 154 valence electrons. The van der Waals surface area contributed by atoms with E-state index in [9.17, 15) is 9.59 Å². The quantitative estimate of drug-likeness (QED) is 0.609. The highest BCUT2D eigenvalue weighted by Crippen LogP contribution is 2.08. The van der Waals surface area contributed by atoms with Gasteiger partial charge in [-0.05, 0) is 42.8 Å². The summed E-state index contributed by atoms with van der Waals surface area (Å²) in [5, 5.41) is 5.59. The van der Waals surface area contributed by atoms with Crippen molar-refractivity contribution in [2.45, 2.75) is 39.9 Å². The smallest absolute Gasteiger partial charge is 0.244 e. The van der Waals surface area contributed by atoms with E-state index in [0.717, 1.165) is 30.8 Å². The van der Waals surface area contributed by atoms with E-state index in [1.807, 2.05) is 42.5 Å². The third-order valence-electron chi connectivity index (χ3n) is 4.74. The maximum atomic E-state index is 12.3. The first-order valence-electron chi connectivity index (χ1n) is 10.1. The number of nitrogens with zero attached hydrogens (tertiary/aromatic N) is 1. The summed E-state index contributed by atoms with van der Waals surface area (Å²) in [5.74, 6) is -0.502. The van der Waals surface area contributed by atoms with Gasteiger partial charge in [-0.15, -0.1) is 0 Å². The topological polar surface area (TPSA) is 61.4 Å². The van der Waals surface area contributed by atoms with Crippen molar-refractivity contribution < 1.29 is 9.59 Å². The van der Waals surface area contributed by atoms with Gasteiger partial charge >= 0.3 is 0 Å². The minimum Gasteiger partial charge on any atom is -0.350 e. The van der Waals surface area contributed by atoms with Crippen LogP contribution in [0.25, 0.3) is 6.08 Å². The van der Waals surface area contributed by atoms with Crippen molar-refractivity contribution in [1.82, 2.24) is 15.5 Å². The molecule has 1 atom stereocenters. The molecule has 29 heavy (non-hydrogen) atoms. The van der Waals surface area contributed by atoms with E-state index in [1.165, 1.54) is 11.6 Å². The van der Waals surface area contributed by atoms with Crippen molar-refractivity contribution in [2.24, 2.45) is 0 Å². The standard InChI is InChI=1S/C24H31N3O2/c1-4-27(5-2)18-22-13-9-12-21(16-22)17-25-24(29)19(3)26-23(28)15-14-20-10-7-6-8-11-20/h6-16,19H,4-5,17-18H2,1-3H3,(H,25,29)(H,26,28)/b15-14+. The Morgan fingerprint density at radius 1 is 1.00 bits per heavy atom. The van der Waals surface area contributed by atoms with Crippen molar-refractivity contribution in [3.63, 3.8) is 0 Å². The number of rotatable bonds is 10. The predicted molar refractivity (Wildman–Crippen MR) is 118 cm³/mol. The Hall–Kier alpha value is -2.92. The van der Waals surface area contributed by atoms with Crippen LogP contribution in [-0.4, -0.2) is 35.8 Å². The zero-order chi connectivity index (χ0) is 21.1. The summed E-state index contributed by atoms with van der Waals surface area (Å²) in [6.07, 6.45) is 3.16. The molecule has 0 spiro atoms. The van der Waals surface area contributed by atoms with Crippen molar-refractivity contribution >= 4 is 17.9 Å². The van der Waals surface area contributed by atoms with Crippen LogP contribution in [0.4, 0.5) is 0 Å². The van der Waals surface area contributed by atoms with Gasteiger partial charge in [0.1, 0.15) is 6.04 Å². The highest BCUT2D eigenvalue weighted by Gasteiger charge is 2.14. The largest absolute Gasteiger partial charge is 0.350 e. The first-order valence-corrected chi connectivity index (χ1v) is 10.1. The molecule has 2 aromatic rings. The summed E-state index contributed by atoms with van der Waals surface area (Å²) in [7, 11) is 0. The van der Waals surface area contributed by atoms with Gasteiger partial charge in [-0.1, -0.05) is 68.4 Å². The summed E-state index contributed by atoms with van der Waals surface area (Å²) < 4.78 is 0. The summed E-state index contributed by atoms with van der Waals surface area (Å²) in [5.41, 5.74) is 3.21. The van der Waals surface area contributed by atoms with Gasteiger partial charge < -0.3 is 10.6 Å². The van der Waals surface area contributed by atoms with Crippen LogP contribution >= 0.6 is 0 Å². The van der Waals surface area contributed by atoms with Crippen LogP contribution < -0.4 is 10.6 Å². The highest BCUT2D eigenvalue weighted by atomic mass is 16.2. The Labute approximate surface area is 173 Å². The Bertz CT molecular complexity index is 814. The maximum Gasteiger partial charge on any atom is 0.244 e. The van der Waals surface area contributed by atoms with Crippen LogP contribution in [0.2, 0.25) is 0 Å². The summed E-state index contributed by atoms with van der Waals surface area (Å²) in [6, 6.07) is 17.2. The number of benzene rings is 2. The van der Waals surface area contributed by atoms with Crippen LogP contribution in [0.1, 0.15) is 37.5 Å². The predicted octanol–water partition coefficient (Wildman–Crippen LogP) is 3.36. The van der Waals surface area contributed by atoms with E-state index in [2.05, 4.69) is 41.5 Å². The third-order valence-corrected chi connectivity index (χ3v) is 4.74. The molecule has 0 saturated heterocycles. The fraction of sp³-hybridized carbons (Fsp3) is 0.333. The molecule has 2 aromatic carbocycles. The Balaban J connectivity index is 1.82. The molecule has 5 nitrogen and oxygen atoms in total. The molecule has 0 aliphatic rings. The molecular weight excluding hydrogens is 362 g/mol. The molecule has 1 unspecified atom stereocenters. The second-order valence-corrected chi connectivity index (χ2v) is 6.97. The zero-order valence-electron chi connectivity index (χ0n) is 17.5. The molecule has 0 aliphatic carbocycles. The second kappa shape index (κ2) is 11.8. The van der Waals surface area contributed by atoms with Crippen LogP contribution in [0.3, 0.4) is 0 Å². The number of carbonyl (C=O) groups is 2. The zero-order valence-corrected chi connectivity index (χ0v) is 17.5. The molecule has 5 heteroatoms. The van der Waals surface area contributed by atoms with Crippen LogP contribution in [-0.2, 0) is 22.7 Å². The molecule has 2 rings (SSSR count). The normalized spacial score (nSPS) is 12.1. The molecule has 0 aromatic heterocycles. The minimum absolute atomic E-state index is 0.208. The van der Waals surface area contributed by atoms with Crippen molar-refractivity contribution in [2.75, 3.05) is 13.1 Å². The van der Waals surface area contributed by atoms with Crippen molar-refractivity contribution in [3.8, 4) is 0 Å². The van der Waals surface area contributed by atoms with Crippen LogP contribution in [0.15, 0.2) is 60.7 Å². The lowest BCUT2D eigenvalue weighted by Gasteiger charge is -2.18. The highest BCUT2D eigenvalue weighted by molar-refractivity contribution is 5.95.